The van der Waals surface area contributed by atoms with Crippen LogP contribution in [0.3, 0.4) is 0 Å². The quantitative estimate of drug-likeness (QED) is 0.874. The van der Waals surface area contributed by atoms with Crippen molar-refractivity contribution in [3.8, 4) is 5.75 Å². The first kappa shape index (κ1) is 17.0. The maximum absolute atomic E-state index is 12.1. The van der Waals surface area contributed by atoms with Gasteiger partial charge in [-0.1, -0.05) is 26.0 Å². The summed E-state index contributed by atoms with van der Waals surface area (Å²) in [5.74, 6) is -0.445. The standard InChI is InChI=1S/C16H23NO4/c1-10(2)13-7-6-11(3)8-14(13)21-12(4)16(20)17(5)9-15(18)19/h6-8,10,12H,9H2,1-5H3,(H,18,19). The highest BCUT2D eigenvalue weighted by molar-refractivity contribution is 5.84. The zero-order valence-corrected chi connectivity index (χ0v) is 13.2. The molecule has 21 heavy (non-hydrogen) atoms. The van der Waals surface area contributed by atoms with Crippen LogP contribution in [-0.2, 0) is 9.59 Å². The van der Waals surface area contributed by atoms with Crippen LogP contribution in [0, 0.1) is 6.92 Å². The summed E-state index contributed by atoms with van der Waals surface area (Å²) in [5, 5.41) is 8.72. The number of carboxylic acid groups (broad SMARTS) is 1. The topological polar surface area (TPSA) is 66.8 Å². The molecule has 1 unspecified atom stereocenters. The van der Waals surface area contributed by atoms with Crippen LogP contribution in [0.25, 0.3) is 0 Å². The largest absolute Gasteiger partial charge is 0.481 e. The van der Waals surface area contributed by atoms with Crippen molar-refractivity contribution in [2.75, 3.05) is 13.6 Å². The van der Waals surface area contributed by atoms with Crippen LogP contribution in [0.2, 0.25) is 0 Å². The minimum Gasteiger partial charge on any atom is -0.481 e. The molecule has 1 aromatic rings. The van der Waals surface area contributed by atoms with Gasteiger partial charge in [0.2, 0.25) is 0 Å². The number of hydrogen-bond donors (Lipinski definition) is 1. The number of carbonyl (C=O) groups excluding carboxylic acids is 1. The van der Waals surface area contributed by atoms with E-state index in [4.69, 9.17) is 9.84 Å². The first-order valence-corrected chi connectivity index (χ1v) is 6.96. The average Bonchev–Trinajstić information content (AvgIpc) is 2.36. The second-order valence-corrected chi connectivity index (χ2v) is 5.54. The van der Waals surface area contributed by atoms with Gasteiger partial charge in [0.15, 0.2) is 6.10 Å². The third-order valence-electron chi connectivity index (χ3n) is 3.19. The fourth-order valence-electron chi connectivity index (χ4n) is 2.05. The molecule has 0 aliphatic rings. The molecule has 5 nitrogen and oxygen atoms in total. The van der Waals surface area contributed by atoms with Crippen LogP contribution in [0.5, 0.6) is 5.75 Å². The molecule has 0 radical (unpaired) electrons. The highest BCUT2D eigenvalue weighted by Gasteiger charge is 2.22. The van der Waals surface area contributed by atoms with Crippen LogP contribution in [-0.4, -0.2) is 41.6 Å². The number of nitrogens with zero attached hydrogens (tertiary/aromatic N) is 1. The lowest BCUT2D eigenvalue weighted by Gasteiger charge is -2.22. The minimum absolute atomic E-state index is 0.277. The summed E-state index contributed by atoms with van der Waals surface area (Å²) in [6, 6.07) is 5.90. The first-order chi connectivity index (χ1) is 9.72. The predicted octanol–water partition coefficient (Wildman–Crippen LogP) is 2.43. The van der Waals surface area contributed by atoms with E-state index < -0.39 is 12.1 Å². The van der Waals surface area contributed by atoms with Gasteiger partial charge in [0, 0.05) is 7.05 Å². The number of carbonyl (C=O) groups is 2. The Morgan fingerprint density at radius 2 is 1.90 bits per heavy atom. The molecule has 1 atom stereocenters. The van der Waals surface area contributed by atoms with Crippen LogP contribution in [0.1, 0.15) is 37.8 Å². The summed E-state index contributed by atoms with van der Waals surface area (Å²) >= 11 is 0. The number of aliphatic carboxylic acids is 1. The predicted molar refractivity (Wildman–Crippen MR) is 80.6 cm³/mol. The summed E-state index contributed by atoms with van der Waals surface area (Å²) in [5.41, 5.74) is 2.08. The summed E-state index contributed by atoms with van der Waals surface area (Å²) in [7, 11) is 1.45. The minimum atomic E-state index is -1.04. The Balaban J connectivity index is 2.87. The molecular weight excluding hydrogens is 270 g/mol. The van der Waals surface area contributed by atoms with Crippen molar-refractivity contribution in [3.63, 3.8) is 0 Å². The van der Waals surface area contributed by atoms with Gasteiger partial charge in [-0.3, -0.25) is 9.59 Å². The fraction of sp³-hybridized carbons (Fsp3) is 0.500. The van der Waals surface area contributed by atoms with Gasteiger partial charge < -0.3 is 14.7 Å². The van der Waals surface area contributed by atoms with E-state index in [1.54, 1.807) is 6.92 Å². The van der Waals surface area contributed by atoms with Gasteiger partial charge in [0.05, 0.1) is 0 Å². The van der Waals surface area contributed by atoms with E-state index in [2.05, 4.69) is 13.8 Å². The summed E-state index contributed by atoms with van der Waals surface area (Å²) in [6.07, 6.45) is -0.728. The third kappa shape index (κ3) is 4.77. The van der Waals surface area contributed by atoms with Crippen molar-refractivity contribution >= 4 is 11.9 Å². The third-order valence-corrected chi connectivity index (χ3v) is 3.19. The Morgan fingerprint density at radius 1 is 1.29 bits per heavy atom. The van der Waals surface area contributed by atoms with E-state index in [0.717, 1.165) is 16.0 Å². The molecule has 0 heterocycles. The molecule has 1 amide bonds. The lowest BCUT2D eigenvalue weighted by molar-refractivity contribution is -0.146. The van der Waals surface area contributed by atoms with Gasteiger partial charge in [-0.2, -0.15) is 0 Å². The molecule has 116 valence electrons. The number of amides is 1. The summed E-state index contributed by atoms with van der Waals surface area (Å²) < 4.78 is 5.77. The van der Waals surface area contributed by atoms with E-state index in [1.165, 1.54) is 7.05 Å². The van der Waals surface area contributed by atoms with E-state index in [1.807, 2.05) is 25.1 Å². The molecule has 0 fully saturated rings. The van der Waals surface area contributed by atoms with Crippen LogP contribution in [0.4, 0.5) is 0 Å². The molecule has 0 spiro atoms. The Bertz CT molecular complexity index is 525. The number of carboxylic acids is 1. The number of hydrogen-bond acceptors (Lipinski definition) is 3. The van der Waals surface area contributed by atoms with Crippen molar-refractivity contribution < 1.29 is 19.4 Å². The Hall–Kier alpha value is -2.04. The Morgan fingerprint density at radius 3 is 2.43 bits per heavy atom. The van der Waals surface area contributed by atoms with Crippen molar-refractivity contribution in [2.45, 2.75) is 39.7 Å². The molecule has 1 rings (SSSR count). The Kier molecular flexibility index (Phi) is 5.76. The molecule has 0 aliphatic carbocycles. The second kappa shape index (κ2) is 7.11. The van der Waals surface area contributed by atoms with Crippen LogP contribution < -0.4 is 4.74 Å². The van der Waals surface area contributed by atoms with Gasteiger partial charge in [-0.15, -0.1) is 0 Å². The van der Waals surface area contributed by atoms with Gasteiger partial charge in [0.25, 0.3) is 5.91 Å². The number of benzene rings is 1. The molecular formula is C16H23NO4. The van der Waals surface area contributed by atoms with Crippen molar-refractivity contribution in [1.29, 1.82) is 0 Å². The summed E-state index contributed by atoms with van der Waals surface area (Å²) in [4.78, 5) is 23.9. The number of ether oxygens (including phenoxy) is 1. The van der Waals surface area contributed by atoms with E-state index in [9.17, 15) is 9.59 Å². The number of rotatable bonds is 6. The molecule has 0 saturated heterocycles. The summed E-state index contributed by atoms with van der Waals surface area (Å²) in [6.45, 7) is 7.37. The van der Waals surface area contributed by atoms with Crippen LogP contribution in [0.15, 0.2) is 18.2 Å². The number of likely N-dealkylation sites (N-methyl/N-ethyl adjacent to an activating group) is 1. The molecule has 0 aromatic heterocycles. The molecule has 1 N–H and O–H groups in total. The number of aryl methyl sites for hydroxylation is 1. The van der Waals surface area contributed by atoms with Gasteiger partial charge in [0.1, 0.15) is 12.3 Å². The highest BCUT2D eigenvalue weighted by Crippen LogP contribution is 2.28. The van der Waals surface area contributed by atoms with Crippen LogP contribution >= 0.6 is 0 Å². The molecule has 0 saturated carbocycles. The fourth-order valence-corrected chi connectivity index (χ4v) is 2.05. The van der Waals surface area contributed by atoms with Gasteiger partial charge >= 0.3 is 5.97 Å². The smallest absolute Gasteiger partial charge is 0.323 e. The highest BCUT2D eigenvalue weighted by atomic mass is 16.5. The monoisotopic (exact) mass is 293 g/mol. The zero-order valence-electron chi connectivity index (χ0n) is 13.2. The maximum atomic E-state index is 12.1. The van der Waals surface area contributed by atoms with E-state index in [-0.39, 0.29) is 18.4 Å². The molecule has 0 bridgehead atoms. The van der Waals surface area contributed by atoms with Crippen molar-refractivity contribution in [1.82, 2.24) is 4.90 Å². The van der Waals surface area contributed by atoms with Crippen molar-refractivity contribution in [3.05, 3.63) is 29.3 Å². The first-order valence-electron chi connectivity index (χ1n) is 6.96. The molecule has 1 aromatic carbocycles. The lowest BCUT2D eigenvalue weighted by atomic mass is 10.0. The second-order valence-electron chi connectivity index (χ2n) is 5.54. The van der Waals surface area contributed by atoms with Gasteiger partial charge in [-0.25, -0.2) is 0 Å². The normalized spacial score (nSPS) is 12.1. The van der Waals surface area contributed by atoms with Gasteiger partial charge in [-0.05, 0) is 37.0 Å². The molecule has 0 aliphatic heterocycles. The Labute approximate surface area is 125 Å². The van der Waals surface area contributed by atoms with Crippen molar-refractivity contribution in [2.24, 2.45) is 0 Å². The zero-order chi connectivity index (χ0) is 16.2. The molecule has 5 heteroatoms. The van der Waals surface area contributed by atoms with E-state index in [0.29, 0.717) is 5.75 Å². The average molecular weight is 293 g/mol. The maximum Gasteiger partial charge on any atom is 0.323 e. The lowest BCUT2D eigenvalue weighted by Crippen LogP contribution is -2.40. The SMILES string of the molecule is Cc1ccc(C(C)C)c(OC(C)C(=O)N(C)CC(=O)O)c1. The van der Waals surface area contributed by atoms with E-state index >= 15 is 0 Å².